The van der Waals surface area contributed by atoms with Crippen LogP contribution in [0.15, 0.2) is 81.0 Å². The SMILES string of the molecule is O=C(Cn1cc(Br)ccc1=O)Nc1ccc(S(=O)(=O)Nc2cccc(F)c2)cc1. The molecule has 10 heteroatoms. The third kappa shape index (κ3) is 5.52. The van der Waals surface area contributed by atoms with E-state index < -0.39 is 21.7 Å². The van der Waals surface area contributed by atoms with E-state index in [1.807, 2.05) is 0 Å². The maximum Gasteiger partial charge on any atom is 0.261 e. The third-order valence-electron chi connectivity index (χ3n) is 3.79. The van der Waals surface area contributed by atoms with Gasteiger partial charge in [-0.15, -0.1) is 0 Å². The summed E-state index contributed by atoms with van der Waals surface area (Å²) in [4.78, 5) is 23.8. The highest BCUT2D eigenvalue weighted by atomic mass is 79.9. The Hall–Kier alpha value is -2.98. The fourth-order valence-corrected chi connectivity index (χ4v) is 3.89. The number of pyridine rings is 1. The minimum atomic E-state index is -3.91. The first-order valence-corrected chi connectivity index (χ1v) is 10.5. The summed E-state index contributed by atoms with van der Waals surface area (Å²) in [6.45, 7) is -0.195. The molecule has 0 radical (unpaired) electrons. The van der Waals surface area contributed by atoms with Gasteiger partial charge in [0.15, 0.2) is 0 Å². The van der Waals surface area contributed by atoms with Crippen LogP contribution in [0, 0.1) is 5.82 Å². The minimum Gasteiger partial charge on any atom is -0.325 e. The molecular weight excluding hydrogens is 465 g/mol. The number of carbonyl (C=O) groups excluding carboxylic acids is 1. The number of benzene rings is 2. The summed E-state index contributed by atoms with van der Waals surface area (Å²) in [5.74, 6) is -1.01. The van der Waals surface area contributed by atoms with Gasteiger partial charge in [0.2, 0.25) is 5.91 Å². The predicted octanol–water partition coefficient (Wildman–Crippen LogP) is 3.19. The summed E-state index contributed by atoms with van der Waals surface area (Å²) in [6, 6.07) is 13.5. The Labute approximate surface area is 174 Å². The zero-order valence-electron chi connectivity index (χ0n) is 14.8. The molecule has 0 aliphatic carbocycles. The van der Waals surface area contributed by atoms with Crippen LogP contribution in [0.3, 0.4) is 0 Å². The van der Waals surface area contributed by atoms with Crippen molar-refractivity contribution in [1.82, 2.24) is 4.57 Å². The van der Waals surface area contributed by atoms with Gasteiger partial charge in [-0.1, -0.05) is 6.07 Å². The molecule has 2 N–H and O–H groups in total. The lowest BCUT2D eigenvalue weighted by molar-refractivity contribution is -0.116. The van der Waals surface area contributed by atoms with Crippen molar-refractivity contribution in [1.29, 1.82) is 0 Å². The zero-order valence-corrected chi connectivity index (χ0v) is 17.2. The maximum atomic E-state index is 13.2. The lowest BCUT2D eigenvalue weighted by Crippen LogP contribution is -2.26. The van der Waals surface area contributed by atoms with Gasteiger partial charge in [0.25, 0.3) is 15.6 Å². The quantitative estimate of drug-likeness (QED) is 0.567. The van der Waals surface area contributed by atoms with E-state index in [9.17, 15) is 22.4 Å². The third-order valence-corrected chi connectivity index (χ3v) is 5.65. The number of amides is 1. The second kappa shape index (κ2) is 8.58. The van der Waals surface area contributed by atoms with Crippen LogP contribution in [0.5, 0.6) is 0 Å². The van der Waals surface area contributed by atoms with Gasteiger partial charge < -0.3 is 9.88 Å². The van der Waals surface area contributed by atoms with Crippen molar-refractivity contribution in [2.75, 3.05) is 10.0 Å². The molecule has 0 aliphatic rings. The van der Waals surface area contributed by atoms with Gasteiger partial charge in [0.05, 0.1) is 10.6 Å². The van der Waals surface area contributed by atoms with Crippen LogP contribution in [-0.4, -0.2) is 18.9 Å². The lowest BCUT2D eigenvalue weighted by Gasteiger charge is -2.10. The maximum absolute atomic E-state index is 13.2. The second-order valence-electron chi connectivity index (χ2n) is 6.00. The smallest absolute Gasteiger partial charge is 0.261 e. The molecule has 3 aromatic rings. The Morgan fingerprint density at radius 3 is 2.45 bits per heavy atom. The van der Waals surface area contributed by atoms with Gasteiger partial charge in [-0.05, 0) is 64.5 Å². The summed E-state index contributed by atoms with van der Waals surface area (Å²) in [5, 5.41) is 2.59. The molecule has 0 bridgehead atoms. The van der Waals surface area contributed by atoms with Crippen molar-refractivity contribution in [2.45, 2.75) is 11.4 Å². The van der Waals surface area contributed by atoms with Crippen LogP contribution in [0.25, 0.3) is 0 Å². The Morgan fingerprint density at radius 1 is 1.03 bits per heavy atom. The van der Waals surface area contributed by atoms with E-state index in [2.05, 4.69) is 26.0 Å². The lowest BCUT2D eigenvalue weighted by atomic mass is 10.3. The Balaban J connectivity index is 1.68. The molecule has 0 atom stereocenters. The van der Waals surface area contributed by atoms with Crippen LogP contribution in [0.1, 0.15) is 0 Å². The van der Waals surface area contributed by atoms with E-state index in [4.69, 9.17) is 0 Å². The number of hydrogen-bond donors (Lipinski definition) is 2. The summed E-state index contributed by atoms with van der Waals surface area (Å²) in [7, 11) is -3.91. The first-order chi connectivity index (χ1) is 13.7. The minimum absolute atomic E-state index is 0.0528. The highest BCUT2D eigenvalue weighted by Gasteiger charge is 2.15. The van der Waals surface area contributed by atoms with E-state index in [0.29, 0.717) is 10.2 Å². The summed E-state index contributed by atoms with van der Waals surface area (Å²) < 4.78 is 42.2. The van der Waals surface area contributed by atoms with E-state index in [1.165, 1.54) is 59.3 Å². The normalized spacial score (nSPS) is 11.1. The molecule has 1 amide bonds. The standard InChI is InChI=1S/C19H15BrFN3O4S/c20-13-4-9-19(26)24(11-13)12-18(25)22-15-5-7-17(8-6-15)29(27,28)23-16-3-1-2-14(21)10-16/h1-11,23H,12H2,(H,22,25). The molecular formula is C19H15BrFN3O4S. The van der Waals surface area contributed by atoms with E-state index in [1.54, 1.807) is 6.07 Å². The predicted molar refractivity (Wildman–Crippen MR) is 111 cm³/mol. The molecule has 2 aromatic carbocycles. The number of nitrogens with one attached hydrogen (secondary N) is 2. The molecule has 29 heavy (non-hydrogen) atoms. The Bertz CT molecular complexity index is 1210. The fraction of sp³-hybridized carbons (Fsp3) is 0.0526. The molecule has 0 fully saturated rings. The molecule has 0 aliphatic heterocycles. The average molecular weight is 480 g/mol. The van der Waals surface area contributed by atoms with Crippen molar-refractivity contribution in [3.63, 3.8) is 0 Å². The largest absolute Gasteiger partial charge is 0.325 e. The van der Waals surface area contributed by atoms with Gasteiger partial charge in [-0.25, -0.2) is 12.8 Å². The zero-order chi connectivity index (χ0) is 21.0. The van der Waals surface area contributed by atoms with Crippen LogP contribution in [0.4, 0.5) is 15.8 Å². The van der Waals surface area contributed by atoms with Crippen molar-refractivity contribution in [3.8, 4) is 0 Å². The van der Waals surface area contributed by atoms with Gasteiger partial charge in [0.1, 0.15) is 12.4 Å². The highest BCUT2D eigenvalue weighted by molar-refractivity contribution is 9.10. The van der Waals surface area contributed by atoms with Gasteiger partial charge >= 0.3 is 0 Å². The Kier molecular flexibility index (Phi) is 6.14. The molecule has 0 saturated carbocycles. The molecule has 7 nitrogen and oxygen atoms in total. The number of sulfonamides is 1. The number of rotatable bonds is 6. The second-order valence-corrected chi connectivity index (χ2v) is 8.60. The van der Waals surface area contributed by atoms with E-state index in [0.717, 1.165) is 6.07 Å². The average Bonchev–Trinajstić information content (AvgIpc) is 2.65. The number of halogens is 2. The van der Waals surface area contributed by atoms with Crippen molar-refractivity contribution < 1.29 is 17.6 Å². The van der Waals surface area contributed by atoms with Crippen LogP contribution in [-0.2, 0) is 21.4 Å². The summed E-state index contributed by atoms with van der Waals surface area (Å²) >= 11 is 3.23. The molecule has 0 spiro atoms. The van der Waals surface area contributed by atoms with Gasteiger partial charge in [-0.3, -0.25) is 14.3 Å². The van der Waals surface area contributed by atoms with Gasteiger partial charge in [0, 0.05) is 22.4 Å². The van der Waals surface area contributed by atoms with Crippen molar-refractivity contribution >= 4 is 43.2 Å². The number of hydrogen-bond acceptors (Lipinski definition) is 4. The number of carbonyl (C=O) groups is 1. The van der Waals surface area contributed by atoms with Crippen molar-refractivity contribution in [3.05, 3.63) is 87.5 Å². The molecule has 3 rings (SSSR count). The monoisotopic (exact) mass is 479 g/mol. The first kappa shape index (κ1) is 20.7. The topological polar surface area (TPSA) is 97.3 Å². The summed E-state index contributed by atoms with van der Waals surface area (Å²) in [5.41, 5.74) is 0.137. The molecule has 1 heterocycles. The van der Waals surface area contributed by atoms with E-state index >= 15 is 0 Å². The number of nitrogens with zero attached hydrogens (tertiary/aromatic N) is 1. The fourth-order valence-electron chi connectivity index (χ4n) is 2.46. The highest BCUT2D eigenvalue weighted by Crippen LogP contribution is 2.19. The molecule has 0 unspecified atom stereocenters. The summed E-state index contributed by atoms with van der Waals surface area (Å²) in [6.07, 6.45) is 1.50. The number of anilines is 2. The molecule has 1 aromatic heterocycles. The van der Waals surface area contributed by atoms with E-state index in [-0.39, 0.29) is 22.7 Å². The van der Waals surface area contributed by atoms with Crippen molar-refractivity contribution in [2.24, 2.45) is 0 Å². The van der Waals surface area contributed by atoms with Crippen LogP contribution < -0.4 is 15.6 Å². The van der Waals surface area contributed by atoms with Gasteiger partial charge in [-0.2, -0.15) is 0 Å². The molecule has 150 valence electrons. The molecule has 0 saturated heterocycles. The van der Waals surface area contributed by atoms with Crippen LogP contribution in [0.2, 0.25) is 0 Å². The number of aromatic nitrogens is 1. The van der Waals surface area contributed by atoms with Crippen LogP contribution >= 0.6 is 15.9 Å². The Morgan fingerprint density at radius 2 is 1.76 bits per heavy atom. The first-order valence-electron chi connectivity index (χ1n) is 8.27.